The molecule has 6 heteroatoms. The van der Waals surface area contributed by atoms with E-state index in [2.05, 4.69) is 10.3 Å². The molecule has 1 aromatic rings. The van der Waals surface area contributed by atoms with Crippen molar-refractivity contribution in [3.8, 4) is 0 Å². The highest BCUT2D eigenvalue weighted by atomic mass is 16.6. The number of rotatable bonds is 5. The zero-order chi connectivity index (χ0) is 15.9. The number of carboxylic acid groups (broad SMARTS) is 1. The molecule has 2 N–H and O–H groups in total. The van der Waals surface area contributed by atoms with Crippen molar-refractivity contribution < 1.29 is 19.4 Å². The SMILES string of the molecule is CC(C)(C)OC(=O)NCCC=Cc1ccc(C(=O)O)cn1. The Bertz CT molecular complexity index is 515. The Morgan fingerprint density at radius 1 is 1.38 bits per heavy atom. The predicted molar refractivity (Wildman–Crippen MR) is 79.1 cm³/mol. The summed E-state index contributed by atoms with van der Waals surface area (Å²) in [6.07, 6.45) is 5.10. The Morgan fingerprint density at radius 3 is 2.62 bits per heavy atom. The Labute approximate surface area is 123 Å². The van der Waals surface area contributed by atoms with Gasteiger partial charge in [-0.05, 0) is 45.4 Å². The number of carbonyl (C=O) groups excluding carboxylic acids is 1. The summed E-state index contributed by atoms with van der Waals surface area (Å²) in [6.45, 7) is 5.87. The van der Waals surface area contributed by atoms with Crippen molar-refractivity contribution >= 4 is 18.1 Å². The molecule has 21 heavy (non-hydrogen) atoms. The number of hydrogen-bond acceptors (Lipinski definition) is 4. The van der Waals surface area contributed by atoms with Crippen molar-refractivity contribution in [1.29, 1.82) is 0 Å². The van der Waals surface area contributed by atoms with Crippen LogP contribution in [0.1, 0.15) is 43.2 Å². The number of pyridine rings is 1. The highest BCUT2D eigenvalue weighted by Gasteiger charge is 2.15. The topological polar surface area (TPSA) is 88.5 Å². The highest BCUT2D eigenvalue weighted by Crippen LogP contribution is 2.06. The average molecular weight is 292 g/mol. The summed E-state index contributed by atoms with van der Waals surface area (Å²) in [5, 5.41) is 11.4. The van der Waals surface area contributed by atoms with Crippen molar-refractivity contribution in [3.63, 3.8) is 0 Å². The Kier molecular flexibility index (Phi) is 5.90. The molecule has 1 aromatic heterocycles. The number of nitrogens with zero attached hydrogens (tertiary/aromatic N) is 1. The van der Waals surface area contributed by atoms with Gasteiger partial charge in [0.15, 0.2) is 0 Å². The summed E-state index contributed by atoms with van der Waals surface area (Å²) >= 11 is 0. The molecule has 6 nitrogen and oxygen atoms in total. The second kappa shape index (κ2) is 7.42. The van der Waals surface area contributed by atoms with Crippen molar-refractivity contribution in [2.75, 3.05) is 6.54 Å². The van der Waals surface area contributed by atoms with E-state index in [1.165, 1.54) is 12.3 Å². The summed E-state index contributed by atoms with van der Waals surface area (Å²) in [5.74, 6) is -1.00. The first-order chi connectivity index (χ1) is 9.78. The Morgan fingerprint density at radius 2 is 2.10 bits per heavy atom. The van der Waals surface area contributed by atoms with Gasteiger partial charge in [-0.1, -0.05) is 6.08 Å². The third-order valence-corrected chi connectivity index (χ3v) is 2.30. The molecule has 0 fully saturated rings. The van der Waals surface area contributed by atoms with E-state index in [1.807, 2.05) is 6.08 Å². The molecular formula is C15H20N2O4. The standard InChI is InChI=1S/C15H20N2O4/c1-15(2,3)21-14(20)16-9-5-4-6-12-8-7-11(10-17-12)13(18)19/h4,6-8,10H,5,9H2,1-3H3,(H,16,20)(H,18,19). The van der Waals surface area contributed by atoms with Gasteiger partial charge >= 0.3 is 12.1 Å². The maximum absolute atomic E-state index is 11.4. The fourth-order valence-corrected chi connectivity index (χ4v) is 1.41. The van der Waals surface area contributed by atoms with E-state index in [4.69, 9.17) is 9.84 Å². The van der Waals surface area contributed by atoms with Crippen LogP contribution in [-0.4, -0.2) is 34.3 Å². The van der Waals surface area contributed by atoms with Crippen LogP contribution in [0.5, 0.6) is 0 Å². The Balaban J connectivity index is 2.32. The molecule has 0 saturated heterocycles. The molecule has 0 spiro atoms. The molecule has 1 amide bonds. The average Bonchev–Trinajstić information content (AvgIpc) is 2.36. The number of hydrogen-bond donors (Lipinski definition) is 2. The first-order valence-corrected chi connectivity index (χ1v) is 6.61. The van der Waals surface area contributed by atoms with E-state index in [0.29, 0.717) is 18.7 Å². The van der Waals surface area contributed by atoms with Gasteiger partial charge < -0.3 is 15.2 Å². The largest absolute Gasteiger partial charge is 0.478 e. The van der Waals surface area contributed by atoms with E-state index in [1.54, 1.807) is 32.9 Å². The first kappa shape index (κ1) is 16.7. The van der Waals surface area contributed by atoms with Gasteiger partial charge in [-0.15, -0.1) is 0 Å². The molecule has 0 aliphatic heterocycles. The number of ether oxygens (including phenoxy) is 1. The lowest BCUT2D eigenvalue weighted by Gasteiger charge is -2.19. The highest BCUT2D eigenvalue weighted by molar-refractivity contribution is 5.87. The second-order valence-electron chi connectivity index (χ2n) is 5.40. The van der Waals surface area contributed by atoms with Crippen LogP contribution in [0.25, 0.3) is 6.08 Å². The fourth-order valence-electron chi connectivity index (χ4n) is 1.41. The van der Waals surface area contributed by atoms with E-state index in [0.717, 1.165) is 0 Å². The Hall–Kier alpha value is -2.37. The van der Waals surface area contributed by atoms with Gasteiger partial charge in [0.1, 0.15) is 5.60 Å². The van der Waals surface area contributed by atoms with Gasteiger partial charge in [-0.25, -0.2) is 9.59 Å². The van der Waals surface area contributed by atoms with Crippen molar-refractivity contribution in [3.05, 3.63) is 35.7 Å². The first-order valence-electron chi connectivity index (χ1n) is 6.61. The number of alkyl carbamates (subject to hydrolysis) is 1. The minimum atomic E-state index is -1.00. The smallest absolute Gasteiger partial charge is 0.407 e. The molecule has 0 aliphatic rings. The summed E-state index contributed by atoms with van der Waals surface area (Å²) < 4.78 is 5.10. The number of carboxylic acids is 1. The van der Waals surface area contributed by atoms with Crippen LogP contribution in [0.3, 0.4) is 0 Å². The normalized spacial score (nSPS) is 11.4. The van der Waals surface area contributed by atoms with Gasteiger partial charge in [-0.3, -0.25) is 4.98 Å². The molecule has 1 heterocycles. The summed E-state index contributed by atoms with van der Waals surface area (Å²) in [7, 11) is 0. The van der Waals surface area contributed by atoms with Gasteiger partial charge in [0.05, 0.1) is 11.3 Å². The molecule has 0 bridgehead atoms. The lowest BCUT2D eigenvalue weighted by Crippen LogP contribution is -2.32. The van der Waals surface area contributed by atoms with Gasteiger partial charge in [0, 0.05) is 12.7 Å². The lowest BCUT2D eigenvalue weighted by atomic mass is 10.2. The van der Waals surface area contributed by atoms with Crippen LogP contribution in [0.4, 0.5) is 4.79 Å². The number of carbonyl (C=O) groups is 2. The number of aromatic nitrogens is 1. The van der Waals surface area contributed by atoms with Crippen molar-refractivity contribution in [2.24, 2.45) is 0 Å². The summed E-state index contributed by atoms with van der Waals surface area (Å²) in [4.78, 5) is 26.0. The maximum Gasteiger partial charge on any atom is 0.407 e. The molecule has 0 unspecified atom stereocenters. The molecule has 114 valence electrons. The minimum Gasteiger partial charge on any atom is -0.478 e. The van der Waals surface area contributed by atoms with E-state index in [-0.39, 0.29) is 5.56 Å². The number of aromatic carboxylic acids is 1. The van der Waals surface area contributed by atoms with Crippen molar-refractivity contribution in [1.82, 2.24) is 10.3 Å². The zero-order valence-electron chi connectivity index (χ0n) is 12.4. The van der Waals surface area contributed by atoms with Crippen LogP contribution < -0.4 is 5.32 Å². The molecule has 0 radical (unpaired) electrons. The van der Waals surface area contributed by atoms with Crippen LogP contribution in [0.15, 0.2) is 24.4 Å². The fraction of sp³-hybridized carbons (Fsp3) is 0.400. The molecular weight excluding hydrogens is 272 g/mol. The van der Waals surface area contributed by atoms with E-state index in [9.17, 15) is 9.59 Å². The monoisotopic (exact) mass is 292 g/mol. The molecule has 0 aromatic carbocycles. The molecule has 0 atom stereocenters. The lowest BCUT2D eigenvalue weighted by molar-refractivity contribution is 0.0528. The summed E-state index contributed by atoms with van der Waals surface area (Å²) in [5.41, 5.74) is 0.312. The third kappa shape index (κ3) is 7.10. The van der Waals surface area contributed by atoms with E-state index >= 15 is 0 Å². The van der Waals surface area contributed by atoms with Gasteiger partial charge in [-0.2, -0.15) is 0 Å². The van der Waals surface area contributed by atoms with Crippen molar-refractivity contribution in [2.45, 2.75) is 32.8 Å². The van der Waals surface area contributed by atoms with Crippen LogP contribution in [0, 0.1) is 0 Å². The number of nitrogens with one attached hydrogen (secondary N) is 1. The maximum atomic E-state index is 11.4. The van der Waals surface area contributed by atoms with Crippen LogP contribution in [0.2, 0.25) is 0 Å². The minimum absolute atomic E-state index is 0.152. The summed E-state index contributed by atoms with van der Waals surface area (Å²) in [6, 6.07) is 3.12. The molecule has 0 saturated carbocycles. The van der Waals surface area contributed by atoms with Crippen LogP contribution >= 0.6 is 0 Å². The van der Waals surface area contributed by atoms with Crippen LogP contribution in [-0.2, 0) is 4.74 Å². The molecule has 1 rings (SSSR count). The quantitative estimate of drug-likeness (QED) is 0.814. The number of amides is 1. The molecule has 0 aliphatic carbocycles. The third-order valence-electron chi connectivity index (χ3n) is 2.30. The zero-order valence-corrected chi connectivity index (χ0v) is 12.4. The van der Waals surface area contributed by atoms with Gasteiger partial charge in [0.25, 0.3) is 0 Å². The second-order valence-corrected chi connectivity index (χ2v) is 5.40. The van der Waals surface area contributed by atoms with E-state index < -0.39 is 17.7 Å². The predicted octanol–water partition coefficient (Wildman–Crippen LogP) is 2.71. The van der Waals surface area contributed by atoms with Gasteiger partial charge in [0.2, 0.25) is 0 Å².